The van der Waals surface area contributed by atoms with Gasteiger partial charge in [0.1, 0.15) is 0 Å². The molecule has 1 fully saturated rings. The molecule has 1 aliphatic heterocycles. The van der Waals surface area contributed by atoms with E-state index >= 15 is 0 Å². The van der Waals surface area contributed by atoms with Crippen LogP contribution in [0.4, 0.5) is 0 Å². The Kier molecular flexibility index (Phi) is 5.46. The molecule has 162 valence electrons. The maximum atomic E-state index is 12.5. The summed E-state index contributed by atoms with van der Waals surface area (Å²) in [4.78, 5) is 22.5. The first-order valence-electron chi connectivity index (χ1n) is 10.8. The van der Waals surface area contributed by atoms with Gasteiger partial charge in [0, 0.05) is 30.7 Å². The number of aromatic nitrogens is 4. The van der Waals surface area contributed by atoms with Crippen molar-refractivity contribution in [2.75, 3.05) is 26.7 Å². The number of benzene rings is 2. The number of piperidine rings is 1. The fraction of sp³-hybridized carbons (Fsp3) is 0.391. The molecule has 0 radical (unpaired) electrons. The van der Waals surface area contributed by atoms with Gasteiger partial charge in [-0.05, 0) is 56.1 Å². The molecule has 0 spiro atoms. The number of nitrogens with one attached hydrogen (secondary N) is 1. The summed E-state index contributed by atoms with van der Waals surface area (Å²) in [5, 5.41) is 0.637. The molecule has 8 heteroatoms. The zero-order chi connectivity index (χ0) is 21.4. The number of hydrogen-bond acceptors (Lipinski definition) is 4. The number of para-hydroxylation sites is 2. The molecule has 7 nitrogen and oxygen atoms in total. The number of aryl methyl sites for hydroxylation is 1. The Morgan fingerprint density at radius 2 is 1.94 bits per heavy atom. The van der Waals surface area contributed by atoms with Gasteiger partial charge in [0.15, 0.2) is 0 Å². The van der Waals surface area contributed by atoms with E-state index in [9.17, 15) is 4.79 Å². The number of methoxy groups -OCH3 is 1. The molecule has 0 unspecified atom stereocenters. The second-order valence-electron chi connectivity index (χ2n) is 8.13. The quantitative estimate of drug-likeness (QED) is 0.491. The lowest BCUT2D eigenvalue weighted by Gasteiger charge is -2.32. The predicted molar refractivity (Wildman–Crippen MR) is 123 cm³/mol. The number of hydrogen-bond donors (Lipinski definition) is 1. The number of imidazole rings is 2. The van der Waals surface area contributed by atoms with Crippen molar-refractivity contribution in [1.82, 2.24) is 24.0 Å². The third-order valence-electron chi connectivity index (χ3n) is 6.26. The van der Waals surface area contributed by atoms with Crippen LogP contribution in [0.15, 0.2) is 47.3 Å². The Labute approximate surface area is 185 Å². The summed E-state index contributed by atoms with van der Waals surface area (Å²) < 4.78 is 9.54. The van der Waals surface area contributed by atoms with Gasteiger partial charge in [0.25, 0.3) is 6.01 Å². The molecular weight excluding hydrogens is 414 g/mol. The van der Waals surface area contributed by atoms with Crippen LogP contribution in [0.25, 0.3) is 22.1 Å². The first-order chi connectivity index (χ1) is 15.1. The molecule has 4 aromatic rings. The van der Waals surface area contributed by atoms with Gasteiger partial charge >= 0.3 is 5.69 Å². The molecule has 2 aromatic carbocycles. The number of ether oxygens (including phenoxy) is 1. The van der Waals surface area contributed by atoms with Crippen molar-refractivity contribution < 1.29 is 4.74 Å². The van der Waals surface area contributed by atoms with Gasteiger partial charge in [-0.15, -0.1) is 0 Å². The topological polar surface area (TPSA) is 68.1 Å². The summed E-state index contributed by atoms with van der Waals surface area (Å²) in [6, 6.07) is 14.6. The molecule has 0 bridgehead atoms. The van der Waals surface area contributed by atoms with E-state index in [4.69, 9.17) is 16.3 Å². The van der Waals surface area contributed by atoms with Crippen molar-refractivity contribution >= 4 is 33.7 Å². The lowest BCUT2D eigenvalue weighted by Crippen LogP contribution is -2.37. The van der Waals surface area contributed by atoms with Crippen LogP contribution in [0.1, 0.15) is 25.3 Å². The van der Waals surface area contributed by atoms with Crippen LogP contribution in [0, 0.1) is 0 Å². The number of H-pyrrole nitrogens is 1. The highest BCUT2D eigenvalue weighted by atomic mass is 35.5. The van der Waals surface area contributed by atoms with Crippen molar-refractivity contribution in [1.29, 1.82) is 0 Å². The SMILES string of the molecule is COc1nc2ccccc2n1CCCN1CCC(n2c(=O)[nH]c3cc(Cl)ccc32)CC1. The third-order valence-corrected chi connectivity index (χ3v) is 6.49. The van der Waals surface area contributed by atoms with Gasteiger partial charge in [-0.3, -0.25) is 9.13 Å². The molecule has 1 N–H and O–H groups in total. The molecular formula is C23H26ClN5O2. The molecule has 5 rings (SSSR count). The van der Waals surface area contributed by atoms with Gasteiger partial charge in [-0.1, -0.05) is 23.7 Å². The zero-order valence-electron chi connectivity index (χ0n) is 17.6. The molecule has 31 heavy (non-hydrogen) atoms. The van der Waals surface area contributed by atoms with Gasteiger partial charge in [-0.25, -0.2) is 4.79 Å². The van der Waals surface area contributed by atoms with Gasteiger partial charge in [0.05, 0.1) is 29.2 Å². The summed E-state index contributed by atoms with van der Waals surface area (Å²) in [6.07, 6.45) is 2.95. The minimum absolute atomic E-state index is 0.0465. The van der Waals surface area contributed by atoms with Gasteiger partial charge in [0.2, 0.25) is 0 Å². The minimum atomic E-state index is -0.0465. The Balaban J connectivity index is 1.21. The Bertz CT molecular complexity index is 1270. The maximum Gasteiger partial charge on any atom is 0.326 e. The van der Waals surface area contributed by atoms with Crippen LogP contribution in [-0.2, 0) is 6.54 Å². The normalized spacial score (nSPS) is 15.8. The van der Waals surface area contributed by atoms with Crippen molar-refractivity contribution in [2.24, 2.45) is 0 Å². The molecule has 0 aliphatic carbocycles. The van der Waals surface area contributed by atoms with Crippen molar-refractivity contribution in [2.45, 2.75) is 31.8 Å². The molecule has 1 aliphatic rings. The summed E-state index contributed by atoms with van der Waals surface area (Å²) in [5.41, 5.74) is 3.77. The highest BCUT2D eigenvalue weighted by Gasteiger charge is 2.23. The lowest BCUT2D eigenvalue weighted by molar-refractivity contribution is 0.182. The molecule has 0 amide bonds. The van der Waals surface area contributed by atoms with Crippen LogP contribution in [0.5, 0.6) is 6.01 Å². The average Bonchev–Trinajstić information content (AvgIpc) is 3.30. The van der Waals surface area contributed by atoms with Gasteiger partial charge < -0.3 is 14.6 Å². The Morgan fingerprint density at radius 1 is 1.13 bits per heavy atom. The zero-order valence-corrected chi connectivity index (χ0v) is 18.3. The van der Waals surface area contributed by atoms with Crippen LogP contribution >= 0.6 is 11.6 Å². The number of halogens is 1. The summed E-state index contributed by atoms with van der Waals surface area (Å²) in [5.74, 6) is 0. The van der Waals surface area contributed by atoms with Crippen LogP contribution in [-0.4, -0.2) is 50.7 Å². The van der Waals surface area contributed by atoms with E-state index in [-0.39, 0.29) is 11.7 Å². The van der Waals surface area contributed by atoms with E-state index < -0.39 is 0 Å². The summed E-state index contributed by atoms with van der Waals surface area (Å²) in [7, 11) is 1.67. The predicted octanol–water partition coefficient (Wildman–Crippen LogP) is 4.07. The average molecular weight is 440 g/mol. The van der Waals surface area contributed by atoms with Crippen LogP contribution < -0.4 is 10.4 Å². The van der Waals surface area contributed by atoms with Crippen LogP contribution in [0.2, 0.25) is 5.02 Å². The highest BCUT2D eigenvalue weighted by Crippen LogP contribution is 2.27. The van der Waals surface area contributed by atoms with Gasteiger partial charge in [-0.2, -0.15) is 4.98 Å². The maximum absolute atomic E-state index is 12.5. The second-order valence-corrected chi connectivity index (χ2v) is 8.56. The van der Waals surface area contributed by atoms with E-state index in [2.05, 4.69) is 25.5 Å². The van der Waals surface area contributed by atoms with E-state index in [1.54, 1.807) is 7.11 Å². The summed E-state index contributed by atoms with van der Waals surface area (Å²) >= 11 is 6.07. The first-order valence-corrected chi connectivity index (χ1v) is 11.1. The van der Waals surface area contributed by atoms with E-state index in [0.717, 1.165) is 67.5 Å². The molecule has 0 saturated carbocycles. The third kappa shape index (κ3) is 3.83. The molecule has 1 saturated heterocycles. The number of nitrogens with zero attached hydrogens (tertiary/aromatic N) is 4. The minimum Gasteiger partial charge on any atom is -0.468 e. The fourth-order valence-electron chi connectivity index (χ4n) is 4.74. The van der Waals surface area contributed by atoms with E-state index in [1.165, 1.54) is 0 Å². The highest BCUT2D eigenvalue weighted by molar-refractivity contribution is 6.31. The van der Waals surface area contributed by atoms with Crippen LogP contribution in [0.3, 0.4) is 0 Å². The Hall–Kier alpha value is -2.77. The monoisotopic (exact) mass is 439 g/mol. The summed E-state index contributed by atoms with van der Waals surface area (Å²) in [6.45, 7) is 3.85. The molecule has 3 heterocycles. The van der Waals surface area contributed by atoms with E-state index in [0.29, 0.717) is 11.0 Å². The standard InChI is InChI=1S/C23H26ClN5O2/c1-31-23-26-18-5-2-3-6-20(18)28(23)12-4-11-27-13-9-17(10-14-27)29-21-8-7-16(24)15-19(21)25-22(29)30/h2-3,5-8,15,17H,4,9-14H2,1H3,(H,25,30). The first kappa shape index (κ1) is 20.2. The second kappa shape index (κ2) is 8.40. The van der Waals surface area contributed by atoms with Crippen molar-refractivity contribution in [3.63, 3.8) is 0 Å². The number of aromatic amines is 1. The van der Waals surface area contributed by atoms with E-state index in [1.807, 2.05) is 41.0 Å². The lowest BCUT2D eigenvalue weighted by atomic mass is 10.0. The number of fused-ring (bicyclic) bond motifs is 2. The van der Waals surface area contributed by atoms with Crippen molar-refractivity contribution in [3.8, 4) is 6.01 Å². The molecule has 0 atom stereocenters. The Morgan fingerprint density at radius 3 is 2.74 bits per heavy atom. The smallest absolute Gasteiger partial charge is 0.326 e. The molecule has 2 aromatic heterocycles. The largest absolute Gasteiger partial charge is 0.468 e. The number of rotatable bonds is 6. The number of likely N-dealkylation sites (tertiary alicyclic amines) is 1. The fourth-order valence-corrected chi connectivity index (χ4v) is 4.92. The van der Waals surface area contributed by atoms with Crippen molar-refractivity contribution in [3.05, 3.63) is 58.0 Å².